The van der Waals surface area contributed by atoms with Gasteiger partial charge in [0.25, 0.3) is 5.69 Å². The van der Waals surface area contributed by atoms with E-state index in [1.807, 2.05) is 50.4 Å². The van der Waals surface area contributed by atoms with Crippen LogP contribution >= 0.6 is 12.2 Å². The summed E-state index contributed by atoms with van der Waals surface area (Å²) < 4.78 is 7.62. The zero-order valence-corrected chi connectivity index (χ0v) is 21.5. The quantitative estimate of drug-likeness (QED) is 0.210. The highest BCUT2D eigenvalue weighted by atomic mass is 32.1. The summed E-state index contributed by atoms with van der Waals surface area (Å²) in [5.74, 6) is 0.427. The zero-order valence-electron chi connectivity index (χ0n) is 20.7. The van der Waals surface area contributed by atoms with Crippen molar-refractivity contribution in [1.29, 1.82) is 0 Å². The molecule has 37 heavy (non-hydrogen) atoms. The fourth-order valence-corrected chi connectivity index (χ4v) is 5.33. The van der Waals surface area contributed by atoms with Crippen molar-refractivity contribution < 1.29 is 9.66 Å². The van der Waals surface area contributed by atoms with Gasteiger partial charge < -0.3 is 19.5 Å². The molecule has 0 saturated carbocycles. The number of nitro groups is 1. The number of thiocarbonyl (C=S) groups is 1. The van der Waals surface area contributed by atoms with Crippen LogP contribution in [0.2, 0.25) is 0 Å². The van der Waals surface area contributed by atoms with Gasteiger partial charge in [-0.05, 0) is 67.5 Å². The standard InChI is InChI=1S/C27H26N6O3S/c1-17-13-21(18(2)32(17)23-10-9-20(33(34)35)14-24(23)36-3)26-25(22-8-4-5-12-29-22)30-27(37)31(26)16-19-7-6-11-28-15-19/h4-15,25-26H,16H2,1-3H3,(H,30,37)/t25-,26+/m1/s1. The number of hydrogen-bond acceptors (Lipinski definition) is 6. The molecule has 1 saturated heterocycles. The Balaban J connectivity index is 1.63. The second-order valence-electron chi connectivity index (χ2n) is 8.89. The van der Waals surface area contributed by atoms with Gasteiger partial charge >= 0.3 is 0 Å². The van der Waals surface area contributed by atoms with E-state index in [1.54, 1.807) is 18.5 Å². The van der Waals surface area contributed by atoms with Crippen LogP contribution in [0.25, 0.3) is 5.69 Å². The number of aryl methyl sites for hydroxylation is 1. The lowest BCUT2D eigenvalue weighted by atomic mass is 9.96. The number of nitrogens with zero attached hydrogens (tertiary/aromatic N) is 5. The van der Waals surface area contributed by atoms with Crippen LogP contribution in [0.4, 0.5) is 5.69 Å². The Hall–Kier alpha value is -4.31. The van der Waals surface area contributed by atoms with Gasteiger partial charge in [-0.15, -0.1) is 0 Å². The molecule has 1 aromatic carbocycles. The van der Waals surface area contributed by atoms with Crippen molar-refractivity contribution in [3.63, 3.8) is 0 Å². The molecule has 1 N–H and O–H groups in total. The third-order valence-corrected chi connectivity index (χ3v) is 7.03. The highest BCUT2D eigenvalue weighted by Crippen LogP contribution is 2.43. The molecule has 1 aliphatic heterocycles. The molecule has 2 atom stereocenters. The molecule has 3 aromatic heterocycles. The van der Waals surface area contributed by atoms with Gasteiger partial charge in [-0.3, -0.25) is 20.1 Å². The molecule has 0 spiro atoms. The number of nitrogens with one attached hydrogen (secondary N) is 1. The number of benzene rings is 1. The first-order valence-corrected chi connectivity index (χ1v) is 12.2. The monoisotopic (exact) mass is 514 g/mol. The molecule has 4 heterocycles. The van der Waals surface area contributed by atoms with Crippen molar-refractivity contribution in [1.82, 2.24) is 24.8 Å². The normalized spacial score (nSPS) is 17.1. The molecule has 5 rings (SSSR count). The van der Waals surface area contributed by atoms with E-state index in [4.69, 9.17) is 17.0 Å². The minimum absolute atomic E-state index is 0.0218. The number of pyridine rings is 2. The maximum atomic E-state index is 11.3. The highest BCUT2D eigenvalue weighted by molar-refractivity contribution is 7.80. The predicted octanol–water partition coefficient (Wildman–Crippen LogP) is 4.97. The molecule has 10 heteroatoms. The van der Waals surface area contributed by atoms with Gasteiger partial charge in [-0.1, -0.05) is 12.1 Å². The van der Waals surface area contributed by atoms with Crippen LogP contribution in [0.5, 0.6) is 5.75 Å². The van der Waals surface area contributed by atoms with Gasteiger partial charge in [-0.2, -0.15) is 0 Å². The van der Waals surface area contributed by atoms with E-state index in [2.05, 4.69) is 30.8 Å². The summed E-state index contributed by atoms with van der Waals surface area (Å²) in [6.45, 7) is 4.64. The van der Waals surface area contributed by atoms with Crippen molar-refractivity contribution in [2.75, 3.05) is 7.11 Å². The topological polar surface area (TPSA) is 98.3 Å². The summed E-state index contributed by atoms with van der Waals surface area (Å²) in [5.41, 5.74) is 5.68. The van der Waals surface area contributed by atoms with Crippen LogP contribution in [-0.2, 0) is 6.54 Å². The first kappa shape index (κ1) is 24.4. The SMILES string of the molecule is COc1cc([N+](=O)[O-])ccc1-n1c(C)cc([C@H]2[C@@H](c3ccccn3)NC(=S)N2Cc2cccnc2)c1C. The summed E-state index contributed by atoms with van der Waals surface area (Å²) >= 11 is 5.82. The van der Waals surface area contributed by atoms with E-state index in [-0.39, 0.29) is 17.8 Å². The van der Waals surface area contributed by atoms with Crippen molar-refractivity contribution in [2.24, 2.45) is 0 Å². The number of aromatic nitrogens is 3. The van der Waals surface area contributed by atoms with E-state index in [1.165, 1.54) is 19.2 Å². The van der Waals surface area contributed by atoms with Gasteiger partial charge in [0.1, 0.15) is 5.75 Å². The van der Waals surface area contributed by atoms with Crippen LogP contribution < -0.4 is 10.1 Å². The van der Waals surface area contributed by atoms with E-state index in [9.17, 15) is 10.1 Å². The molecule has 0 bridgehead atoms. The Morgan fingerprint density at radius 2 is 1.97 bits per heavy atom. The average molecular weight is 515 g/mol. The van der Waals surface area contributed by atoms with Crippen molar-refractivity contribution >= 4 is 23.0 Å². The molecule has 188 valence electrons. The Bertz CT molecular complexity index is 1460. The smallest absolute Gasteiger partial charge is 0.273 e. The van der Waals surface area contributed by atoms with E-state index in [0.29, 0.717) is 17.4 Å². The predicted molar refractivity (Wildman–Crippen MR) is 144 cm³/mol. The number of ether oxygens (including phenoxy) is 1. The summed E-state index contributed by atoms with van der Waals surface area (Å²) in [6.07, 6.45) is 5.38. The maximum absolute atomic E-state index is 11.3. The molecule has 0 radical (unpaired) electrons. The Morgan fingerprint density at radius 3 is 2.65 bits per heavy atom. The summed E-state index contributed by atoms with van der Waals surface area (Å²) in [6, 6.07) is 16.3. The van der Waals surface area contributed by atoms with Gasteiger partial charge in [0.2, 0.25) is 0 Å². The van der Waals surface area contributed by atoms with Crippen molar-refractivity contribution in [3.05, 3.63) is 112 Å². The summed E-state index contributed by atoms with van der Waals surface area (Å²) in [5, 5.41) is 15.5. The van der Waals surface area contributed by atoms with Crippen LogP contribution in [0.1, 0.15) is 40.3 Å². The number of methoxy groups -OCH3 is 1. The number of non-ortho nitro benzene ring substituents is 1. The van der Waals surface area contributed by atoms with Gasteiger partial charge in [0.15, 0.2) is 5.11 Å². The molecular formula is C27H26N6O3S. The van der Waals surface area contributed by atoms with Crippen molar-refractivity contribution in [3.8, 4) is 11.4 Å². The van der Waals surface area contributed by atoms with E-state index < -0.39 is 4.92 Å². The fraction of sp³-hybridized carbons (Fsp3) is 0.222. The van der Waals surface area contributed by atoms with Crippen LogP contribution in [0.3, 0.4) is 0 Å². The maximum Gasteiger partial charge on any atom is 0.273 e. The summed E-state index contributed by atoms with van der Waals surface area (Å²) in [7, 11) is 1.52. The third kappa shape index (κ3) is 4.51. The minimum Gasteiger partial charge on any atom is -0.494 e. The molecule has 0 unspecified atom stereocenters. The van der Waals surface area contributed by atoms with Crippen LogP contribution in [-0.4, -0.2) is 36.6 Å². The molecule has 9 nitrogen and oxygen atoms in total. The largest absolute Gasteiger partial charge is 0.494 e. The van der Waals surface area contributed by atoms with Gasteiger partial charge in [-0.25, -0.2) is 0 Å². The molecule has 1 fully saturated rings. The van der Waals surface area contributed by atoms with Gasteiger partial charge in [0.05, 0.1) is 41.6 Å². The molecule has 1 aliphatic rings. The second kappa shape index (κ2) is 9.98. The van der Waals surface area contributed by atoms with Crippen LogP contribution in [0, 0.1) is 24.0 Å². The lowest BCUT2D eigenvalue weighted by Gasteiger charge is -2.28. The Morgan fingerprint density at radius 1 is 1.14 bits per heavy atom. The minimum atomic E-state index is -0.425. The zero-order chi connectivity index (χ0) is 26.1. The Kier molecular flexibility index (Phi) is 6.58. The average Bonchev–Trinajstić information content (AvgIpc) is 3.39. The molecule has 0 amide bonds. The first-order chi connectivity index (χ1) is 17.9. The number of hydrogen-bond donors (Lipinski definition) is 1. The fourth-order valence-electron chi connectivity index (χ4n) is 5.03. The number of rotatable bonds is 7. The summed E-state index contributed by atoms with van der Waals surface area (Å²) in [4.78, 5) is 22.0. The lowest BCUT2D eigenvalue weighted by Crippen LogP contribution is -2.29. The molecular weight excluding hydrogens is 488 g/mol. The lowest BCUT2D eigenvalue weighted by molar-refractivity contribution is -0.384. The molecule has 0 aliphatic carbocycles. The van der Waals surface area contributed by atoms with Crippen LogP contribution in [0.15, 0.2) is 73.2 Å². The third-order valence-electron chi connectivity index (χ3n) is 6.68. The van der Waals surface area contributed by atoms with E-state index >= 15 is 0 Å². The van der Waals surface area contributed by atoms with E-state index in [0.717, 1.165) is 33.9 Å². The highest BCUT2D eigenvalue weighted by Gasteiger charge is 2.41. The first-order valence-electron chi connectivity index (χ1n) is 11.8. The number of nitro benzene ring substituents is 1. The second-order valence-corrected chi connectivity index (χ2v) is 9.28. The Labute approximate surface area is 219 Å². The molecule has 4 aromatic rings. The van der Waals surface area contributed by atoms with Crippen molar-refractivity contribution in [2.45, 2.75) is 32.5 Å². The van der Waals surface area contributed by atoms with Gasteiger partial charge in [0, 0.05) is 42.6 Å².